The van der Waals surface area contributed by atoms with Gasteiger partial charge in [0.1, 0.15) is 0 Å². The molecule has 1 N–H and O–H groups in total. The number of rotatable bonds is 3. The lowest BCUT2D eigenvalue weighted by atomic mass is 10.1. The number of pyridine rings is 1. The van der Waals surface area contributed by atoms with Crippen LogP contribution in [0.5, 0.6) is 5.88 Å². The zero-order chi connectivity index (χ0) is 15.6. The molecular weight excluding hydrogens is 286 g/mol. The first-order chi connectivity index (χ1) is 11.3. The molecule has 0 amide bonds. The minimum atomic E-state index is 0.380. The maximum Gasteiger partial charge on any atom is 0.214 e. The topological polar surface area (TPSA) is 41.3 Å². The van der Waals surface area contributed by atoms with Gasteiger partial charge in [-0.05, 0) is 43.0 Å². The summed E-state index contributed by atoms with van der Waals surface area (Å²) in [6.07, 6.45) is 7.97. The molecule has 1 aliphatic heterocycles. The van der Waals surface area contributed by atoms with Crippen molar-refractivity contribution >= 4 is 10.9 Å². The second kappa shape index (κ2) is 5.95. The zero-order valence-electron chi connectivity index (χ0n) is 13.2. The van der Waals surface area contributed by atoms with Crippen LogP contribution in [-0.4, -0.2) is 27.9 Å². The van der Waals surface area contributed by atoms with Crippen molar-refractivity contribution < 1.29 is 5.11 Å². The Labute approximate surface area is 136 Å². The summed E-state index contributed by atoms with van der Waals surface area (Å²) in [5.41, 5.74) is 3.25. The van der Waals surface area contributed by atoms with Gasteiger partial charge < -0.3 is 10.1 Å². The number of nitrogens with zero attached hydrogens (tertiary/aromatic N) is 3. The summed E-state index contributed by atoms with van der Waals surface area (Å²) in [5, 5.41) is 14.3. The normalized spacial score (nSPS) is 15.2. The molecule has 0 radical (unpaired) electrons. The molecule has 118 valence electrons. The molecule has 0 unspecified atom stereocenters. The van der Waals surface area contributed by atoms with Crippen LogP contribution in [0.15, 0.2) is 48.8 Å². The summed E-state index contributed by atoms with van der Waals surface area (Å²) in [6.45, 7) is 2.00. The Balaban J connectivity index is 1.82. The molecule has 4 nitrogen and oxygen atoms in total. The molecular formula is C19H21N3O. The molecule has 4 heteroatoms. The minimum absolute atomic E-state index is 0.380. The average molecular weight is 307 g/mol. The van der Waals surface area contributed by atoms with Gasteiger partial charge in [-0.2, -0.15) is 0 Å². The van der Waals surface area contributed by atoms with E-state index in [0.29, 0.717) is 5.88 Å². The first kappa shape index (κ1) is 14.1. The van der Waals surface area contributed by atoms with Crippen molar-refractivity contribution in [1.29, 1.82) is 0 Å². The van der Waals surface area contributed by atoms with Crippen molar-refractivity contribution in [1.82, 2.24) is 9.66 Å². The van der Waals surface area contributed by atoms with Crippen LogP contribution in [-0.2, 0) is 6.42 Å². The van der Waals surface area contributed by atoms with Gasteiger partial charge in [0, 0.05) is 42.9 Å². The Morgan fingerprint density at radius 3 is 2.48 bits per heavy atom. The van der Waals surface area contributed by atoms with Gasteiger partial charge in [0.15, 0.2) is 0 Å². The second-order valence-corrected chi connectivity index (χ2v) is 6.18. The Morgan fingerprint density at radius 2 is 1.70 bits per heavy atom. The van der Waals surface area contributed by atoms with E-state index in [1.54, 1.807) is 12.4 Å². The van der Waals surface area contributed by atoms with Crippen LogP contribution in [0.25, 0.3) is 10.9 Å². The minimum Gasteiger partial charge on any atom is -0.493 e. The van der Waals surface area contributed by atoms with Crippen LogP contribution in [0.3, 0.4) is 0 Å². The predicted molar refractivity (Wildman–Crippen MR) is 92.4 cm³/mol. The monoisotopic (exact) mass is 307 g/mol. The first-order valence-electron chi connectivity index (χ1n) is 8.30. The van der Waals surface area contributed by atoms with Crippen molar-refractivity contribution in [3.05, 3.63) is 59.9 Å². The van der Waals surface area contributed by atoms with Crippen molar-refractivity contribution in [3.8, 4) is 5.88 Å². The van der Waals surface area contributed by atoms with Gasteiger partial charge >= 0.3 is 0 Å². The third kappa shape index (κ3) is 2.54. The summed E-state index contributed by atoms with van der Waals surface area (Å²) >= 11 is 0. The molecule has 0 bridgehead atoms. The Morgan fingerprint density at radius 1 is 0.957 bits per heavy atom. The molecule has 0 atom stereocenters. The van der Waals surface area contributed by atoms with Crippen LogP contribution in [0.1, 0.15) is 30.4 Å². The number of para-hydroxylation sites is 1. The number of fused-ring (bicyclic) bond motifs is 1. The number of piperidine rings is 1. The second-order valence-electron chi connectivity index (χ2n) is 6.18. The summed E-state index contributed by atoms with van der Waals surface area (Å²) in [6, 6.07) is 12.3. The Hall–Kier alpha value is -2.49. The number of hydrogen-bond acceptors (Lipinski definition) is 3. The highest BCUT2D eigenvalue weighted by atomic mass is 16.3. The predicted octanol–water partition coefficient (Wildman–Crippen LogP) is 3.45. The van der Waals surface area contributed by atoms with Crippen LogP contribution in [0.4, 0.5) is 0 Å². The van der Waals surface area contributed by atoms with E-state index >= 15 is 0 Å². The highest BCUT2D eigenvalue weighted by Crippen LogP contribution is 2.33. The number of aromatic hydroxyl groups is 1. The molecule has 23 heavy (non-hydrogen) atoms. The lowest BCUT2D eigenvalue weighted by molar-refractivity contribution is 0.388. The fourth-order valence-corrected chi connectivity index (χ4v) is 3.52. The van der Waals surface area contributed by atoms with E-state index in [2.05, 4.69) is 22.1 Å². The molecule has 1 fully saturated rings. The van der Waals surface area contributed by atoms with Crippen molar-refractivity contribution in [2.45, 2.75) is 25.7 Å². The van der Waals surface area contributed by atoms with Crippen LogP contribution < -0.4 is 5.01 Å². The van der Waals surface area contributed by atoms with Crippen molar-refractivity contribution in [2.24, 2.45) is 0 Å². The Kier molecular flexibility index (Phi) is 3.66. The summed E-state index contributed by atoms with van der Waals surface area (Å²) in [7, 11) is 0. The molecule has 4 rings (SSSR count). The molecule has 1 aromatic carbocycles. The molecule has 1 saturated heterocycles. The summed E-state index contributed by atoms with van der Waals surface area (Å²) < 4.78 is 2.02. The molecule has 1 aliphatic rings. The van der Waals surface area contributed by atoms with E-state index in [1.165, 1.54) is 19.3 Å². The SMILES string of the molecule is Oc1c(Cc2ccncc2)c2ccccc2n1N1CCCCC1. The third-order valence-electron chi connectivity index (χ3n) is 4.67. The van der Waals surface area contributed by atoms with Gasteiger partial charge in [-0.1, -0.05) is 18.2 Å². The van der Waals surface area contributed by atoms with Crippen LogP contribution in [0, 0.1) is 0 Å². The highest BCUT2D eigenvalue weighted by Gasteiger charge is 2.21. The van der Waals surface area contributed by atoms with E-state index in [4.69, 9.17) is 0 Å². The summed E-state index contributed by atoms with van der Waals surface area (Å²) in [5.74, 6) is 0.380. The lowest BCUT2D eigenvalue weighted by Crippen LogP contribution is -2.38. The van der Waals surface area contributed by atoms with Gasteiger partial charge in [0.2, 0.25) is 5.88 Å². The van der Waals surface area contributed by atoms with Gasteiger partial charge in [0.25, 0.3) is 0 Å². The van der Waals surface area contributed by atoms with E-state index in [0.717, 1.165) is 41.5 Å². The number of hydrogen-bond donors (Lipinski definition) is 1. The van der Waals surface area contributed by atoms with Gasteiger partial charge in [0.05, 0.1) is 5.52 Å². The smallest absolute Gasteiger partial charge is 0.214 e. The van der Waals surface area contributed by atoms with E-state index in [9.17, 15) is 5.11 Å². The maximum atomic E-state index is 10.9. The van der Waals surface area contributed by atoms with E-state index in [1.807, 2.05) is 28.9 Å². The molecule has 3 aromatic rings. The van der Waals surface area contributed by atoms with Gasteiger partial charge in [-0.25, -0.2) is 4.68 Å². The number of aromatic nitrogens is 2. The lowest BCUT2D eigenvalue weighted by Gasteiger charge is -2.30. The zero-order valence-corrected chi connectivity index (χ0v) is 13.2. The summed E-state index contributed by atoms with van der Waals surface area (Å²) in [4.78, 5) is 4.07. The van der Waals surface area contributed by atoms with Gasteiger partial charge in [-0.3, -0.25) is 4.98 Å². The molecule has 0 saturated carbocycles. The van der Waals surface area contributed by atoms with E-state index in [-0.39, 0.29) is 0 Å². The third-order valence-corrected chi connectivity index (χ3v) is 4.67. The van der Waals surface area contributed by atoms with Crippen LogP contribution >= 0.6 is 0 Å². The highest BCUT2D eigenvalue weighted by molar-refractivity contribution is 5.87. The largest absolute Gasteiger partial charge is 0.493 e. The Bertz CT molecular complexity index is 804. The fourth-order valence-electron chi connectivity index (χ4n) is 3.52. The quantitative estimate of drug-likeness (QED) is 0.806. The molecule has 2 aromatic heterocycles. The standard InChI is InChI=1S/C19H21N3O/c23-19-17(14-15-8-10-20-11-9-15)16-6-2-3-7-18(16)22(19)21-12-4-1-5-13-21/h2-3,6-11,23H,1,4-5,12-14H2. The molecule has 0 aliphatic carbocycles. The first-order valence-corrected chi connectivity index (χ1v) is 8.30. The molecule has 3 heterocycles. The maximum absolute atomic E-state index is 10.9. The molecule has 0 spiro atoms. The van der Waals surface area contributed by atoms with Gasteiger partial charge in [-0.15, -0.1) is 0 Å². The van der Waals surface area contributed by atoms with Crippen molar-refractivity contribution in [3.63, 3.8) is 0 Å². The fraction of sp³-hybridized carbons (Fsp3) is 0.316. The van der Waals surface area contributed by atoms with Crippen LogP contribution in [0.2, 0.25) is 0 Å². The van der Waals surface area contributed by atoms with E-state index < -0.39 is 0 Å². The number of benzene rings is 1. The average Bonchev–Trinajstić information content (AvgIpc) is 2.89. The van der Waals surface area contributed by atoms with Crippen molar-refractivity contribution in [2.75, 3.05) is 18.1 Å².